The zero-order valence-corrected chi connectivity index (χ0v) is 15.2. The molecule has 0 bridgehead atoms. The Morgan fingerprint density at radius 1 is 1.42 bits per heavy atom. The normalized spacial score (nSPS) is 20.3. The number of aryl methyl sites for hydroxylation is 1. The van der Waals surface area contributed by atoms with Crippen LogP contribution in [0.25, 0.3) is 0 Å². The third kappa shape index (κ3) is 4.91. The first kappa shape index (κ1) is 18.6. The molecule has 26 heavy (non-hydrogen) atoms. The average Bonchev–Trinajstić information content (AvgIpc) is 3.15. The Morgan fingerprint density at radius 2 is 2.31 bits per heavy atom. The highest BCUT2D eigenvalue weighted by atomic mass is 19.1. The molecule has 0 aliphatic carbocycles. The molecule has 1 aromatic carbocycles. The first-order chi connectivity index (χ1) is 12.7. The number of carbonyl (C=O) groups is 1. The largest absolute Gasteiger partial charge is 0.379 e. The molecular formula is C20H26FN3O2. The van der Waals surface area contributed by atoms with E-state index in [1.165, 1.54) is 6.07 Å². The molecule has 1 aliphatic rings. The first-order valence-electron chi connectivity index (χ1n) is 9.16. The van der Waals surface area contributed by atoms with Gasteiger partial charge in [0.2, 0.25) is 5.91 Å². The number of methoxy groups -OCH3 is 1. The zero-order chi connectivity index (χ0) is 18.4. The summed E-state index contributed by atoms with van der Waals surface area (Å²) in [6.07, 6.45) is 8.39. The van der Waals surface area contributed by atoms with E-state index in [1.807, 2.05) is 21.7 Å². The molecule has 0 unspecified atom stereocenters. The fourth-order valence-corrected chi connectivity index (χ4v) is 3.65. The van der Waals surface area contributed by atoms with Crippen LogP contribution < -0.4 is 0 Å². The molecule has 6 heteroatoms. The van der Waals surface area contributed by atoms with E-state index in [2.05, 4.69) is 4.98 Å². The molecule has 1 aliphatic heterocycles. The minimum Gasteiger partial charge on any atom is -0.379 e. The zero-order valence-electron chi connectivity index (χ0n) is 15.2. The van der Waals surface area contributed by atoms with Gasteiger partial charge in [-0.1, -0.05) is 12.1 Å². The third-order valence-corrected chi connectivity index (χ3v) is 5.10. The molecule has 1 aromatic heterocycles. The Morgan fingerprint density at radius 3 is 3.04 bits per heavy atom. The fourth-order valence-electron chi connectivity index (χ4n) is 3.65. The van der Waals surface area contributed by atoms with Crippen molar-refractivity contribution in [2.24, 2.45) is 5.92 Å². The molecule has 1 amide bonds. The van der Waals surface area contributed by atoms with Gasteiger partial charge in [0.15, 0.2) is 0 Å². The van der Waals surface area contributed by atoms with Crippen LogP contribution in [-0.4, -0.2) is 46.7 Å². The van der Waals surface area contributed by atoms with Crippen LogP contribution in [0.5, 0.6) is 0 Å². The second kappa shape index (κ2) is 8.94. The number of hydrogen-bond acceptors (Lipinski definition) is 3. The molecule has 0 radical (unpaired) electrons. The highest BCUT2D eigenvalue weighted by Gasteiger charge is 2.31. The van der Waals surface area contributed by atoms with Crippen LogP contribution in [0.1, 0.15) is 24.8 Å². The number of amides is 1. The third-order valence-electron chi connectivity index (χ3n) is 5.10. The Balaban J connectivity index is 1.49. The highest BCUT2D eigenvalue weighted by Crippen LogP contribution is 2.25. The summed E-state index contributed by atoms with van der Waals surface area (Å²) in [5, 5.41) is 0. The van der Waals surface area contributed by atoms with Crippen LogP contribution in [0.3, 0.4) is 0 Å². The SMILES string of the molecule is CO[C@@H]1CN(C(=O)CCCn2ccnc2)CC[C@@H]1Cc1cccc(F)c1. The van der Waals surface area contributed by atoms with Gasteiger partial charge in [0, 0.05) is 45.6 Å². The number of piperidine rings is 1. The number of likely N-dealkylation sites (tertiary alicyclic amines) is 1. The second-order valence-corrected chi connectivity index (χ2v) is 6.90. The van der Waals surface area contributed by atoms with Crippen molar-refractivity contribution in [3.05, 3.63) is 54.4 Å². The number of rotatable bonds is 7. The van der Waals surface area contributed by atoms with Gasteiger partial charge >= 0.3 is 0 Å². The summed E-state index contributed by atoms with van der Waals surface area (Å²) in [6, 6.07) is 6.73. The molecular weight excluding hydrogens is 333 g/mol. The number of carbonyl (C=O) groups excluding carboxylic acids is 1. The van der Waals surface area contributed by atoms with Gasteiger partial charge in [-0.2, -0.15) is 0 Å². The van der Waals surface area contributed by atoms with Crippen molar-refractivity contribution in [2.45, 2.75) is 38.3 Å². The number of ether oxygens (including phenoxy) is 1. The summed E-state index contributed by atoms with van der Waals surface area (Å²) in [5.74, 6) is 0.273. The monoisotopic (exact) mass is 359 g/mol. The molecule has 5 nitrogen and oxygen atoms in total. The molecule has 0 saturated carbocycles. The van der Waals surface area contributed by atoms with Crippen molar-refractivity contribution in [1.29, 1.82) is 0 Å². The van der Waals surface area contributed by atoms with E-state index >= 15 is 0 Å². The summed E-state index contributed by atoms with van der Waals surface area (Å²) in [4.78, 5) is 18.4. The number of benzene rings is 1. The van der Waals surface area contributed by atoms with Crippen LogP contribution in [0, 0.1) is 11.7 Å². The molecule has 2 atom stereocenters. The van der Waals surface area contributed by atoms with Crippen molar-refractivity contribution in [2.75, 3.05) is 20.2 Å². The van der Waals surface area contributed by atoms with Gasteiger partial charge in [-0.25, -0.2) is 9.37 Å². The lowest BCUT2D eigenvalue weighted by Crippen LogP contribution is -2.48. The van der Waals surface area contributed by atoms with Gasteiger partial charge < -0.3 is 14.2 Å². The topological polar surface area (TPSA) is 47.4 Å². The van der Waals surface area contributed by atoms with E-state index in [0.29, 0.717) is 18.9 Å². The number of aromatic nitrogens is 2. The number of imidazole rings is 1. The van der Waals surface area contributed by atoms with Crippen LogP contribution in [0.4, 0.5) is 4.39 Å². The lowest BCUT2D eigenvalue weighted by atomic mass is 9.87. The lowest BCUT2D eigenvalue weighted by Gasteiger charge is -2.38. The molecule has 0 spiro atoms. The molecule has 2 aromatic rings. The Hall–Kier alpha value is -2.21. The maximum absolute atomic E-state index is 13.4. The number of nitrogens with zero attached hydrogens (tertiary/aromatic N) is 3. The Labute approximate surface area is 153 Å². The van der Waals surface area contributed by atoms with E-state index < -0.39 is 0 Å². The van der Waals surface area contributed by atoms with E-state index in [4.69, 9.17) is 4.74 Å². The minimum atomic E-state index is -0.207. The number of hydrogen-bond donors (Lipinski definition) is 0. The summed E-state index contributed by atoms with van der Waals surface area (Å²) in [6.45, 7) is 2.15. The van der Waals surface area contributed by atoms with Crippen molar-refractivity contribution in [3.63, 3.8) is 0 Å². The fraction of sp³-hybridized carbons (Fsp3) is 0.500. The molecule has 140 valence electrons. The standard InChI is InChI=1S/C20H26FN3O2/c1-26-19-14-24(20(25)6-3-9-23-11-8-22-15-23)10-7-17(19)12-16-4-2-5-18(21)13-16/h2,4-5,8,11,13,15,17,19H,3,6-7,9-10,12,14H2,1H3/t17-,19-/m1/s1. The molecule has 0 N–H and O–H groups in total. The number of halogens is 1. The summed E-state index contributed by atoms with van der Waals surface area (Å²) in [7, 11) is 1.69. The maximum Gasteiger partial charge on any atom is 0.222 e. The van der Waals surface area contributed by atoms with Crippen LogP contribution >= 0.6 is 0 Å². The summed E-state index contributed by atoms with van der Waals surface area (Å²) < 4.78 is 21.0. The van der Waals surface area contributed by atoms with Gasteiger partial charge in [-0.3, -0.25) is 4.79 Å². The summed E-state index contributed by atoms with van der Waals surface area (Å²) >= 11 is 0. The van der Waals surface area contributed by atoms with Crippen molar-refractivity contribution in [3.8, 4) is 0 Å². The van der Waals surface area contributed by atoms with Crippen LogP contribution in [0.15, 0.2) is 43.0 Å². The smallest absolute Gasteiger partial charge is 0.222 e. The van der Waals surface area contributed by atoms with Crippen molar-refractivity contribution >= 4 is 5.91 Å². The Bertz CT molecular complexity index is 705. The van der Waals surface area contributed by atoms with Crippen LogP contribution in [-0.2, 0) is 22.5 Å². The van der Waals surface area contributed by atoms with E-state index in [1.54, 1.807) is 31.8 Å². The van der Waals surface area contributed by atoms with Gasteiger partial charge in [0.05, 0.1) is 12.4 Å². The van der Waals surface area contributed by atoms with Gasteiger partial charge in [-0.05, 0) is 42.9 Å². The molecule has 2 heterocycles. The molecule has 3 rings (SSSR count). The maximum atomic E-state index is 13.4. The summed E-state index contributed by atoms with van der Waals surface area (Å²) in [5.41, 5.74) is 0.983. The predicted molar refractivity (Wildman–Crippen MR) is 97.0 cm³/mol. The van der Waals surface area contributed by atoms with Crippen molar-refractivity contribution < 1.29 is 13.9 Å². The quantitative estimate of drug-likeness (QED) is 0.764. The van der Waals surface area contributed by atoms with E-state index in [9.17, 15) is 9.18 Å². The lowest BCUT2D eigenvalue weighted by molar-refractivity contribution is -0.136. The Kier molecular flexibility index (Phi) is 6.39. The van der Waals surface area contributed by atoms with E-state index in [-0.39, 0.29) is 17.8 Å². The van der Waals surface area contributed by atoms with E-state index in [0.717, 1.165) is 37.9 Å². The van der Waals surface area contributed by atoms with Gasteiger partial charge in [-0.15, -0.1) is 0 Å². The van der Waals surface area contributed by atoms with Crippen molar-refractivity contribution in [1.82, 2.24) is 14.5 Å². The second-order valence-electron chi connectivity index (χ2n) is 6.90. The highest BCUT2D eigenvalue weighted by molar-refractivity contribution is 5.76. The van der Waals surface area contributed by atoms with Crippen LogP contribution in [0.2, 0.25) is 0 Å². The van der Waals surface area contributed by atoms with Gasteiger partial charge in [0.1, 0.15) is 5.82 Å². The minimum absolute atomic E-state index is 0.00961. The molecule has 1 fully saturated rings. The first-order valence-corrected chi connectivity index (χ1v) is 9.16. The predicted octanol–water partition coefficient (Wildman–Crippen LogP) is 2.91. The molecule has 1 saturated heterocycles. The van der Waals surface area contributed by atoms with Gasteiger partial charge in [0.25, 0.3) is 0 Å². The average molecular weight is 359 g/mol.